The van der Waals surface area contributed by atoms with Crippen LogP contribution in [0.2, 0.25) is 0 Å². The lowest BCUT2D eigenvalue weighted by Crippen LogP contribution is -2.24. The number of amides is 2. The van der Waals surface area contributed by atoms with Crippen LogP contribution in [0, 0.1) is 5.92 Å². The number of benzene rings is 2. The Morgan fingerprint density at radius 2 is 1.62 bits per heavy atom. The third kappa shape index (κ3) is 5.34. The molecule has 2 aromatic rings. The molecule has 0 atom stereocenters. The standard InChI is InChI=1S/C21H24N2O3/c24-20(22-17-10-5-2-6-11-17)15-26-19-13-7-12-18(14-19)23-21(25)16-8-3-1-4-9-16/h2,5-7,10-14,16H,1,3-4,8-9,15H2,(H,22,24)(H,23,25). The lowest BCUT2D eigenvalue weighted by atomic mass is 9.88. The van der Waals surface area contributed by atoms with Crippen LogP contribution in [0.25, 0.3) is 0 Å². The zero-order valence-electron chi connectivity index (χ0n) is 14.7. The zero-order chi connectivity index (χ0) is 18.2. The first kappa shape index (κ1) is 18.0. The van der Waals surface area contributed by atoms with Crippen molar-refractivity contribution >= 4 is 23.2 Å². The van der Waals surface area contributed by atoms with Crippen molar-refractivity contribution in [2.45, 2.75) is 32.1 Å². The van der Waals surface area contributed by atoms with Gasteiger partial charge in [-0.25, -0.2) is 0 Å². The summed E-state index contributed by atoms with van der Waals surface area (Å²) in [6.45, 7) is -0.0884. The van der Waals surface area contributed by atoms with Crippen LogP contribution in [-0.2, 0) is 9.59 Å². The van der Waals surface area contributed by atoms with E-state index in [1.807, 2.05) is 36.4 Å². The van der Waals surface area contributed by atoms with Crippen molar-refractivity contribution in [3.63, 3.8) is 0 Å². The Labute approximate surface area is 153 Å². The van der Waals surface area contributed by atoms with Crippen molar-refractivity contribution < 1.29 is 14.3 Å². The van der Waals surface area contributed by atoms with Gasteiger partial charge < -0.3 is 15.4 Å². The largest absolute Gasteiger partial charge is 0.484 e. The second-order valence-electron chi connectivity index (χ2n) is 6.55. The van der Waals surface area contributed by atoms with Gasteiger partial charge in [-0.2, -0.15) is 0 Å². The predicted octanol–water partition coefficient (Wildman–Crippen LogP) is 4.22. The van der Waals surface area contributed by atoms with Gasteiger partial charge in [0, 0.05) is 23.4 Å². The Morgan fingerprint density at radius 3 is 2.38 bits per heavy atom. The van der Waals surface area contributed by atoms with Gasteiger partial charge in [-0.3, -0.25) is 9.59 Å². The summed E-state index contributed by atoms with van der Waals surface area (Å²) >= 11 is 0. The van der Waals surface area contributed by atoms with Crippen molar-refractivity contribution in [2.24, 2.45) is 5.92 Å². The maximum absolute atomic E-state index is 12.3. The van der Waals surface area contributed by atoms with E-state index in [0.29, 0.717) is 11.4 Å². The van der Waals surface area contributed by atoms with Crippen LogP contribution in [0.1, 0.15) is 32.1 Å². The predicted molar refractivity (Wildman–Crippen MR) is 102 cm³/mol. The molecule has 1 aliphatic rings. The van der Waals surface area contributed by atoms with Crippen molar-refractivity contribution in [1.29, 1.82) is 0 Å². The molecule has 0 unspecified atom stereocenters. The van der Waals surface area contributed by atoms with Gasteiger partial charge in [-0.1, -0.05) is 43.5 Å². The highest BCUT2D eigenvalue weighted by molar-refractivity contribution is 5.93. The van der Waals surface area contributed by atoms with Crippen LogP contribution in [0.4, 0.5) is 11.4 Å². The van der Waals surface area contributed by atoms with Crippen molar-refractivity contribution in [1.82, 2.24) is 0 Å². The normalized spacial score (nSPS) is 14.5. The number of hydrogen-bond donors (Lipinski definition) is 2. The first-order chi connectivity index (χ1) is 12.7. The Hall–Kier alpha value is -2.82. The molecule has 2 N–H and O–H groups in total. The quantitative estimate of drug-likeness (QED) is 0.818. The average molecular weight is 352 g/mol. The molecule has 0 radical (unpaired) electrons. The molecular weight excluding hydrogens is 328 g/mol. The van der Waals surface area contributed by atoms with Crippen LogP contribution in [0.3, 0.4) is 0 Å². The van der Waals surface area contributed by atoms with Crippen molar-refractivity contribution in [3.8, 4) is 5.75 Å². The number of anilines is 2. The summed E-state index contributed by atoms with van der Waals surface area (Å²) in [5.41, 5.74) is 1.43. The average Bonchev–Trinajstić information content (AvgIpc) is 2.68. The molecule has 0 heterocycles. The number of nitrogens with one attached hydrogen (secondary N) is 2. The summed E-state index contributed by atoms with van der Waals surface area (Å²) in [6, 6.07) is 16.4. The Balaban J connectivity index is 1.50. The van der Waals surface area contributed by atoms with Crippen LogP contribution < -0.4 is 15.4 Å². The van der Waals surface area contributed by atoms with Gasteiger partial charge in [0.25, 0.3) is 5.91 Å². The van der Waals surface area contributed by atoms with Crippen molar-refractivity contribution in [3.05, 3.63) is 54.6 Å². The number of carbonyl (C=O) groups excluding carboxylic acids is 2. The van der Waals surface area contributed by atoms with Crippen molar-refractivity contribution in [2.75, 3.05) is 17.2 Å². The minimum Gasteiger partial charge on any atom is -0.484 e. The lowest BCUT2D eigenvalue weighted by Gasteiger charge is -2.20. The maximum Gasteiger partial charge on any atom is 0.262 e. The van der Waals surface area contributed by atoms with E-state index in [4.69, 9.17) is 4.74 Å². The molecular formula is C21H24N2O3. The molecule has 0 saturated heterocycles. The molecule has 1 saturated carbocycles. The van der Waals surface area contributed by atoms with E-state index in [2.05, 4.69) is 10.6 Å². The van der Waals surface area contributed by atoms with Crippen LogP contribution >= 0.6 is 0 Å². The molecule has 0 aromatic heterocycles. The molecule has 0 aliphatic heterocycles. The molecule has 5 heteroatoms. The van der Waals surface area contributed by atoms with Gasteiger partial charge in [-0.05, 0) is 37.1 Å². The van der Waals surface area contributed by atoms with E-state index in [1.54, 1.807) is 18.2 Å². The first-order valence-electron chi connectivity index (χ1n) is 9.09. The summed E-state index contributed by atoms with van der Waals surface area (Å²) in [6.07, 6.45) is 5.39. The highest BCUT2D eigenvalue weighted by Crippen LogP contribution is 2.25. The molecule has 136 valence electrons. The van der Waals surface area contributed by atoms with Gasteiger partial charge in [-0.15, -0.1) is 0 Å². The van der Waals surface area contributed by atoms with E-state index in [9.17, 15) is 9.59 Å². The summed E-state index contributed by atoms with van der Waals surface area (Å²) in [5.74, 6) is 0.496. The monoisotopic (exact) mass is 352 g/mol. The molecule has 0 bridgehead atoms. The summed E-state index contributed by atoms with van der Waals surface area (Å²) in [4.78, 5) is 24.3. The molecule has 26 heavy (non-hydrogen) atoms. The van der Waals surface area contributed by atoms with E-state index in [0.717, 1.165) is 31.4 Å². The maximum atomic E-state index is 12.3. The number of rotatable bonds is 6. The lowest BCUT2D eigenvalue weighted by molar-refractivity contribution is -0.121. The zero-order valence-corrected chi connectivity index (χ0v) is 14.7. The third-order valence-electron chi connectivity index (χ3n) is 4.51. The van der Waals surface area contributed by atoms with Crippen LogP contribution in [0.15, 0.2) is 54.6 Å². The minimum absolute atomic E-state index is 0.0728. The Morgan fingerprint density at radius 1 is 0.885 bits per heavy atom. The summed E-state index contributed by atoms with van der Waals surface area (Å²) < 4.78 is 5.54. The van der Waals surface area contributed by atoms with E-state index >= 15 is 0 Å². The first-order valence-corrected chi connectivity index (χ1v) is 9.09. The second-order valence-corrected chi connectivity index (χ2v) is 6.55. The topological polar surface area (TPSA) is 67.4 Å². The van der Waals surface area contributed by atoms with Gasteiger partial charge in [0.1, 0.15) is 5.75 Å². The Kier molecular flexibility index (Phi) is 6.25. The molecule has 0 spiro atoms. The van der Waals surface area contributed by atoms with Gasteiger partial charge in [0.05, 0.1) is 0 Å². The van der Waals surface area contributed by atoms with Crippen LogP contribution in [-0.4, -0.2) is 18.4 Å². The summed E-state index contributed by atoms with van der Waals surface area (Å²) in [5, 5.41) is 5.73. The number of hydrogen-bond acceptors (Lipinski definition) is 3. The fraction of sp³-hybridized carbons (Fsp3) is 0.333. The number of para-hydroxylation sites is 1. The molecule has 1 fully saturated rings. The molecule has 5 nitrogen and oxygen atoms in total. The fourth-order valence-corrected chi connectivity index (χ4v) is 3.14. The highest BCUT2D eigenvalue weighted by atomic mass is 16.5. The number of ether oxygens (including phenoxy) is 1. The SMILES string of the molecule is O=C(COc1cccc(NC(=O)C2CCCCC2)c1)Nc1ccccc1. The smallest absolute Gasteiger partial charge is 0.262 e. The Bertz CT molecular complexity index is 740. The van der Waals surface area contributed by atoms with Gasteiger partial charge >= 0.3 is 0 Å². The molecule has 2 amide bonds. The second kappa shape index (κ2) is 9.04. The fourth-order valence-electron chi connectivity index (χ4n) is 3.14. The van der Waals surface area contributed by atoms with E-state index < -0.39 is 0 Å². The van der Waals surface area contributed by atoms with E-state index in [1.165, 1.54) is 6.42 Å². The minimum atomic E-state index is -0.229. The highest BCUT2D eigenvalue weighted by Gasteiger charge is 2.21. The van der Waals surface area contributed by atoms with Gasteiger partial charge in [0.2, 0.25) is 5.91 Å². The number of carbonyl (C=O) groups is 2. The molecule has 2 aromatic carbocycles. The van der Waals surface area contributed by atoms with Crippen LogP contribution in [0.5, 0.6) is 5.75 Å². The summed E-state index contributed by atoms with van der Waals surface area (Å²) in [7, 11) is 0. The van der Waals surface area contributed by atoms with Gasteiger partial charge in [0.15, 0.2) is 6.61 Å². The molecule has 1 aliphatic carbocycles. The molecule has 3 rings (SSSR count). The third-order valence-corrected chi connectivity index (χ3v) is 4.51. The van der Waals surface area contributed by atoms with E-state index in [-0.39, 0.29) is 24.3 Å².